The summed E-state index contributed by atoms with van der Waals surface area (Å²) in [4.78, 5) is 51.5. The summed E-state index contributed by atoms with van der Waals surface area (Å²) in [5, 5.41) is 35.8. The number of nitrogens with zero attached hydrogens (tertiary/aromatic N) is 2. The molecule has 1 amide bonds. The fourth-order valence-corrected chi connectivity index (χ4v) is 8.36. The molecule has 10 rings (SSSR count). The quantitative estimate of drug-likeness (QED) is 0.0326. The smallest absolute Gasteiger partial charge is 0.380 e. The first kappa shape index (κ1) is 55.8. The average Bonchev–Trinajstić information content (AvgIpc) is 4.22. The molecule has 4 heterocycles. The van der Waals surface area contributed by atoms with Gasteiger partial charge in [0.05, 0.1) is 34.4 Å². The maximum atomic E-state index is 12.8. The van der Waals surface area contributed by atoms with Gasteiger partial charge in [-0.05, 0) is 149 Å². The van der Waals surface area contributed by atoms with Crippen molar-refractivity contribution in [2.24, 2.45) is 5.73 Å². The van der Waals surface area contributed by atoms with E-state index in [0.717, 1.165) is 70.4 Å². The maximum absolute atomic E-state index is 12.8. The minimum atomic E-state index is -1.54. The first-order chi connectivity index (χ1) is 33.1. The normalized spacial score (nSPS) is 16.9. The van der Waals surface area contributed by atoms with Crippen molar-refractivity contribution in [3.05, 3.63) is 128 Å². The fraction of sp³-hybridized carbons (Fsp3) is 0.373. The number of furan rings is 2. The second-order valence-electron chi connectivity index (χ2n) is 17.5. The first-order valence-electron chi connectivity index (χ1n) is 22.6. The van der Waals surface area contributed by atoms with Crippen molar-refractivity contribution in [3.63, 3.8) is 0 Å². The lowest BCUT2D eigenvalue weighted by molar-refractivity contribution is -0.132. The number of nitrogens with two attached hydrogens (primary N) is 1. The van der Waals surface area contributed by atoms with Gasteiger partial charge in [0.1, 0.15) is 28.8 Å². The van der Waals surface area contributed by atoms with Crippen LogP contribution in [0.25, 0.3) is 21.9 Å². The highest BCUT2D eigenvalue weighted by Crippen LogP contribution is 2.36. The number of aliphatic carboxylic acids is 1. The van der Waals surface area contributed by atoms with E-state index < -0.39 is 41.7 Å². The Bertz CT molecular complexity index is 2850. The van der Waals surface area contributed by atoms with Gasteiger partial charge in [0.15, 0.2) is 11.5 Å². The standard InChI is InChI=1S/C25H24Cl2N2O5.C15H21ClN2O2.C10H5ClO4.CH4.HI/c26-16-3-7-20-15(10-16)12-22(34-20)24(31)25(32)28-19(13-29-8-1-9-29)23(30)14-2-6-21(18(27)11-14)33-17-4-5-17;16-12-8-10(2-5-14(12)20-11-3-4-11)15(19)13(17)9-18-6-1-7-18;11-6-1-2-7-5(3-6)4-8(15-7)9(12)10(13)14;;/h2-3,6-7,10-12,17,19,23,30H,1,4-5,8-9,13H2,(H,28,32);2,5,8,11,13,15,19H,1,3-4,6-7,9,17H2;1-4H,(H,13,14);1H4;1H/t19?,23-;13-,15-;;;/m11.../s1. The third kappa shape index (κ3) is 14.8. The molecular weight excluding hydrogens is 1110 g/mol. The van der Waals surface area contributed by atoms with Crippen molar-refractivity contribution in [3.8, 4) is 11.5 Å². The van der Waals surface area contributed by atoms with Gasteiger partial charge in [-0.2, -0.15) is 0 Å². The number of hydrogen-bond acceptors (Lipinski definition) is 13. The van der Waals surface area contributed by atoms with E-state index in [1.807, 2.05) is 12.1 Å². The molecule has 0 spiro atoms. The van der Waals surface area contributed by atoms with E-state index in [0.29, 0.717) is 71.7 Å². The van der Waals surface area contributed by atoms with Gasteiger partial charge < -0.3 is 54.5 Å². The number of ketones is 2. The number of aliphatic hydroxyl groups is 2. The van der Waals surface area contributed by atoms with Gasteiger partial charge >= 0.3 is 11.8 Å². The number of carbonyl (C=O) groups is 4. The number of carboxylic acid groups (broad SMARTS) is 1. The van der Waals surface area contributed by atoms with Crippen LogP contribution < -0.4 is 20.5 Å². The topological polar surface area (TPSA) is 218 Å². The van der Waals surface area contributed by atoms with Gasteiger partial charge in [0.25, 0.3) is 11.7 Å². The second-order valence-corrected chi connectivity index (χ2v) is 19.2. The number of benzene rings is 4. The minimum absolute atomic E-state index is 0. The lowest BCUT2D eigenvalue weighted by atomic mass is 10.00. The zero-order valence-electron chi connectivity index (χ0n) is 37.5. The lowest BCUT2D eigenvalue weighted by Gasteiger charge is -2.36. The molecule has 380 valence electrons. The fourth-order valence-electron chi connectivity index (χ4n) is 7.54. The molecule has 6 N–H and O–H groups in total. The van der Waals surface area contributed by atoms with Crippen LogP contribution in [0.2, 0.25) is 20.1 Å². The molecule has 20 heteroatoms. The lowest BCUT2D eigenvalue weighted by Crippen LogP contribution is -2.52. The van der Waals surface area contributed by atoms with Crippen molar-refractivity contribution in [1.82, 2.24) is 15.1 Å². The maximum Gasteiger partial charge on any atom is 0.380 e. The molecule has 4 aliphatic rings. The van der Waals surface area contributed by atoms with Crippen LogP contribution in [0.15, 0.2) is 93.8 Å². The molecule has 2 aromatic heterocycles. The summed E-state index contributed by atoms with van der Waals surface area (Å²) < 4.78 is 22.0. The molecule has 71 heavy (non-hydrogen) atoms. The molecule has 2 aliphatic carbocycles. The Kier molecular flexibility index (Phi) is 19.6. The molecule has 4 aromatic carbocycles. The number of hydrogen-bond donors (Lipinski definition) is 5. The van der Waals surface area contributed by atoms with E-state index in [9.17, 15) is 29.4 Å². The van der Waals surface area contributed by atoms with Gasteiger partial charge in [0.2, 0.25) is 0 Å². The van der Waals surface area contributed by atoms with Crippen LogP contribution in [0.3, 0.4) is 0 Å². The molecule has 1 unspecified atom stereocenters. The number of carboxylic acids is 1. The van der Waals surface area contributed by atoms with Crippen LogP contribution in [0.5, 0.6) is 11.5 Å². The predicted octanol–water partition coefficient (Wildman–Crippen LogP) is 9.94. The molecule has 4 fully saturated rings. The SMILES string of the molecule is C.I.N[C@H](CN1CCC1)[C@H](O)c1ccc(OC2CC2)c(Cl)c1.O=C(NC(CN1CCC1)[C@H](O)c1ccc(OC2CC2)c(Cl)c1)C(=O)c1cc2cc(Cl)ccc2o1.O=C(O)C(=O)c1cc2cc(Cl)ccc2o1. The van der Waals surface area contributed by atoms with E-state index in [1.54, 1.807) is 60.7 Å². The van der Waals surface area contributed by atoms with Crippen LogP contribution in [-0.2, 0) is 9.59 Å². The van der Waals surface area contributed by atoms with Crippen LogP contribution in [-0.4, -0.2) is 112 Å². The van der Waals surface area contributed by atoms with Gasteiger partial charge in [-0.3, -0.25) is 14.4 Å². The molecule has 6 aromatic rings. The molecular formula is C51H55Cl4IN4O11. The van der Waals surface area contributed by atoms with Crippen LogP contribution >= 0.6 is 70.4 Å². The molecule has 0 bridgehead atoms. The van der Waals surface area contributed by atoms with Crippen LogP contribution in [0.1, 0.15) is 90.4 Å². The molecule has 2 saturated carbocycles. The summed E-state index contributed by atoms with van der Waals surface area (Å²) >= 11 is 24.3. The zero-order valence-corrected chi connectivity index (χ0v) is 42.9. The van der Waals surface area contributed by atoms with Gasteiger partial charge in [-0.1, -0.05) is 66.0 Å². The average molecular weight is 1170 g/mol. The Hall–Kier alpha value is -4.47. The van der Waals surface area contributed by atoms with Crippen LogP contribution in [0, 0.1) is 0 Å². The summed E-state index contributed by atoms with van der Waals surface area (Å²) in [6, 6.07) is 22.1. The summed E-state index contributed by atoms with van der Waals surface area (Å²) in [6.07, 6.45) is 5.25. The molecule has 2 aliphatic heterocycles. The Morgan fingerprint density at radius 2 is 1.10 bits per heavy atom. The Morgan fingerprint density at radius 1 is 0.648 bits per heavy atom. The van der Waals surface area contributed by atoms with E-state index in [1.165, 1.54) is 18.6 Å². The summed E-state index contributed by atoms with van der Waals surface area (Å²) in [5.74, 6) is -3.29. The number of rotatable bonds is 17. The Morgan fingerprint density at radius 3 is 1.52 bits per heavy atom. The monoisotopic (exact) mass is 1170 g/mol. The minimum Gasteiger partial charge on any atom is -0.489 e. The van der Waals surface area contributed by atoms with E-state index >= 15 is 0 Å². The predicted molar refractivity (Wildman–Crippen MR) is 283 cm³/mol. The van der Waals surface area contributed by atoms with Crippen molar-refractivity contribution in [2.75, 3.05) is 39.3 Å². The number of fused-ring (bicyclic) bond motifs is 2. The number of aliphatic hydroxyl groups excluding tert-OH is 2. The number of carbonyl (C=O) groups excluding carboxylic acids is 3. The molecule has 0 radical (unpaired) electrons. The molecule has 2 saturated heterocycles. The second kappa shape index (κ2) is 25.0. The van der Waals surface area contributed by atoms with Gasteiger partial charge in [-0.25, -0.2) is 4.79 Å². The number of likely N-dealkylation sites (tertiary alicyclic amines) is 2. The number of halogens is 5. The number of ether oxygens (including phenoxy) is 2. The number of amides is 1. The Labute approximate surface area is 447 Å². The zero-order chi connectivity index (χ0) is 48.9. The first-order valence-corrected chi connectivity index (χ1v) is 24.1. The van der Waals surface area contributed by atoms with Gasteiger partial charge in [-0.15, -0.1) is 24.0 Å². The summed E-state index contributed by atoms with van der Waals surface area (Å²) in [7, 11) is 0. The van der Waals surface area contributed by atoms with Crippen molar-refractivity contribution in [1.29, 1.82) is 0 Å². The van der Waals surface area contributed by atoms with E-state index in [4.69, 9.17) is 75.6 Å². The summed E-state index contributed by atoms with van der Waals surface area (Å²) in [5.41, 5.74) is 8.25. The number of Topliss-reactive ketones (excluding diaryl/α,β-unsaturated/α-hetero) is 2. The van der Waals surface area contributed by atoms with Crippen molar-refractivity contribution >= 4 is 116 Å². The van der Waals surface area contributed by atoms with Crippen LogP contribution in [0.4, 0.5) is 0 Å². The third-order valence-electron chi connectivity index (χ3n) is 12.0. The van der Waals surface area contributed by atoms with E-state index in [-0.39, 0.29) is 55.1 Å². The van der Waals surface area contributed by atoms with E-state index in [2.05, 4.69) is 15.1 Å². The molecule has 4 atom stereocenters. The number of nitrogens with one attached hydrogen (secondary N) is 1. The highest BCUT2D eigenvalue weighted by atomic mass is 127. The van der Waals surface area contributed by atoms with Crippen molar-refractivity contribution in [2.45, 2.75) is 82.5 Å². The molecule has 15 nitrogen and oxygen atoms in total. The summed E-state index contributed by atoms with van der Waals surface area (Å²) in [6.45, 7) is 5.01. The largest absolute Gasteiger partial charge is 0.489 e. The highest BCUT2D eigenvalue weighted by Gasteiger charge is 2.32. The Balaban J connectivity index is 0.000000189. The van der Waals surface area contributed by atoms with Gasteiger partial charge in [0, 0.05) is 39.9 Å². The van der Waals surface area contributed by atoms with Crippen molar-refractivity contribution < 1.29 is 52.8 Å². The third-order valence-corrected chi connectivity index (χ3v) is 13.0. The highest BCUT2D eigenvalue weighted by molar-refractivity contribution is 14.0.